The minimum atomic E-state index is -0.142. The normalized spacial score (nSPS) is 22.7. The summed E-state index contributed by atoms with van der Waals surface area (Å²) < 4.78 is 0. The van der Waals surface area contributed by atoms with E-state index in [0.717, 1.165) is 11.6 Å². The van der Waals surface area contributed by atoms with Gasteiger partial charge in [-0.15, -0.1) is 0 Å². The lowest BCUT2D eigenvalue weighted by Gasteiger charge is -2.36. The predicted molar refractivity (Wildman–Crippen MR) is 135 cm³/mol. The number of ketones is 1. The number of carbonyl (C=O) groups excluding carboxylic acids is 2. The molecule has 2 aromatic carbocycles. The Bertz CT molecular complexity index is 1200. The second kappa shape index (κ2) is 9.15. The average molecular weight is 477 g/mol. The maximum atomic E-state index is 12.5. The van der Waals surface area contributed by atoms with Gasteiger partial charge in [-0.05, 0) is 50.5 Å². The lowest BCUT2D eigenvalue weighted by molar-refractivity contribution is -0.113. The zero-order chi connectivity index (χ0) is 23.8. The van der Waals surface area contributed by atoms with Gasteiger partial charge in [-0.2, -0.15) is 5.10 Å². The number of hydrazone groups is 1. The van der Waals surface area contributed by atoms with E-state index in [9.17, 15) is 9.59 Å². The van der Waals surface area contributed by atoms with Gasteiger partial charge in [0.15, 0.2) is 11.0 Å². The second-order valence-electron chi connectivity index (χ2n) is 8.90. The summed E-state index contributed by atoms with van der Waals surface area (Å²) in [5.41, 5.74) is 12.0. The fourth-order valence-corrected chi connectivity index (χ4v) is 5.40. The predicted octanol–water partition coefficient (Wildman–Crippen LogP) is 3.49. The van der Waals surface area contributed by atoms with Crippen LogP contribution < -0.4 is 16.2 Å². The summed E-state index contributed by atoms with van der Waals surface area (Å²) in [4.78, 5) is 26.2. The van der Waals surface area contributed by atoms with E-state index in [-0.39, 0.29) is 35.7 Å². The molecule has 0 aliphatic carbocycles. The first-order valence-corrected chi connectivity index (χ1v) is 12.3. The summed E-state index contributed by atoms with van der Waals surface area (Å²) in [7, 11) is 0. The number of nitrogens with one attached hydrogen (secondary N) is 3. The number of benzene rings is 2. The lowest BCUT2D eigenvalue weighted by Crippen LogP contribution is -2.54. The quantitative estimate of drug-likeness (QED) is 0.570. The summed E-state index contributed by atoms with van der Waals surface area (Å²) in [6.07, 6.45) is 5.00. The van der Waals surface area contributed by atoms with Crippen LogP contribution in [0, 0.1) is 13.8 Å². The van der Waals surface area contributed by atoms with Crippen molar-refractivity contribution in [2.24, 2.45) is 5.10 Å². The molecule has 2 aromatic rings. The van der Waals surface area contributed by atoms with Crippen molar-refractivity contribution in [2.45, 2.75) is 45.4 Å². The molecule has 0 saturated carbocycles. The van der Waals surface area contributed by atoms with E-state index in [1.54, 1.807) is 24.3 Å². The molecule has 1 saturated heterocycles. The van der Waals surface area contributed by atoms with E-state index in [2.05, 4.69) is 63.2 Å². The first-order valence-electron chi connectivity index (χ1n) is 11.3. The third-order valence-corrected chi connectivity index (χ3v) is 7.37. The molecule has 3 unspecified atom stereocenters. The van der Waals surface area contributed by atoms with Crippen LogP contribution in [0.15, 0.2) is 60.0 Å². The molecule has 3 atom stereocenters. The highest BCUT2D eigenvalue weighted by molar-refractivity contribution is 8.14. The van der Waals surface area contributed by atoms with Crippen LogP contribution in [0.2, 0.25) is 0 Å². The van der Waals surface area contributed by atoms with Crippen LogP contribution in [0.25, 0.3) is 0 Å². The highest BCUT2D eigenvalue weighted by Gasteiger charge is 2.44. The Morgan fingerprint density at radius 2 is 2.03 bits per heavy atom. The number of carbonyl (C=O) groups is 2. The van der Waals surface area contributed by atoms with Gasteiger partial charge in [0.25, 0.3) is 0 Å². The number of nitrogens with zero attached hydrogens (tertiary/aromatic N) is 3. The van der Waals surface area contributed by atoms with Gasteiger partial charge >= 0.3 is 0 Å². The number of aryl methyl sites for hydroxylation is 2. The fraction of sp³-hybridized carbons (Fsp3) is 0.320. The van der Waals surface area contributed by atoms with Crippen molar-refractivity contribution >= 4 is 34.3 Å². The largest absolute Gasteiger partial charge is 0.325 e. The van der Waals surface area contributed by atoms with Crippen molar-refractivity contribution in [1.82, 2.24) is 20.8 Å². The Morgan fingerprint density at radius 3 is 2.85 bits per heavy atom. The minimum absolute atomic E-state index is 0.00502. The molecule has 3 heterocycles. The van der Waals surface area contributed by atoms with Crippen LogP contribution in [0.5, 0.6) is 0 Å². The van der Waals surface area contributed by atoms with Crippen molar-refractivity contribution in [1.29, 1.82) is 0 Å². The molecule has 176 valence electrons. The topological polar surface area (TPSA) is 89.1 Å². The van der Waals surface area contributed by atoms with Crippen molar-refractivity contribution in [2.75, 3.05) is 11.1 Å². The molecule has 0 radical (unpaired) electrons. The molecule has 0 aromatic heterocycles. The molecule has 3 aliphatic heterocycles. The number of amidine groups is 1. The number of anilines is 1. The molecule has 9 heteroatoms. The zero-order valence-electron chi connectivity index (χ0n) is 19.4. The number of Topliss-reactive ketones (excluding diaryl/α,β-unsaturated/α-hetero) is 1. The number of amides is 1. The number of hydrogen-bond acceptors (Lipinski definition) is 8. The van der Waals surface area contributed by atoms with Crippen molar-refractivity contribution in [3.05, 3.63) is 77.1 Å². The molecule has 3 aliphatic rings. The summed E-state index contributed by atoms with van der Waals surface area (Å²) in [6.45, 7) is 5.79. The molecular formula is C25H28N6O2S. The van der Waals surface area contributed by atoms with Gasteiger partial charge in [-0.25, -0.2) is 5.43 Å². The Balaban J connectivity index is 1.19. The monoisotopic (exact) mass is 476 g/mol. The average Bonchev–Trinajstić information content (AvgIpc) is 3.43. The summed E-state index contributed by atoms with van der Waals surface area (Å²) >= 11 is 1.39. The van der Waals surface area contributed by atoms with Crippen molar-refractivity contribution < 1.29 is 9.59 Å². The van der Waals surface area contributed by atoms with Gasteiger partial charge < -0.3 is 15.2 Å². The number of hydrogen-bond donors (Lipinski definition) is 3. The smallest absolute Gasteiger partial charge is 0.234 e. The van der Waals surface area contributed by atoms with Crippen molar-refractivity contribution in [3.63, 3.8) is 0 Å². The highest BCUT2D eigenvalue weighted by Crippen LogP contribution is 2.36. The Labute approximate surface area is 203 Å². The van der Waals surface area contributed by atoms with Gasteiger partial charge in [0.05, 0.1) is 17.8 Å². The van der Waals surface area contributed by atoms with E-state index in [1.807, 2.05) is 12.4 Å². The van der Waals surface area contributed by atoms with Gasteiger partial charge in [0.1, 0.15) is 6.17 Å². The van der Waals surface area contributed by atoms with Gasteiger partial charge in [-0.1, -0.05) is 47.7 Å². The van der Waals surface area contributed by atoms with Crippen LogP contribution >= 0.6 is 11.8 Å². The highest BCUT2D eigenvalue weighted by atomic mass is 32.2. The SMILES string of the molecule is CC(=O)c1cccc(NC(=O)CSC2=NNC3C4CC(c5cc(C)ccc5C)NN4C=CN23)c1. The van der Waals surface area contributed by atoms with Crippen molar-refractivity contribution in [3.8, 4) is 0 Å². The second-order valence-corrected chi connectivity index (χ2v) is 9.84. The molecular weight excluding hydrogens is 448 g/mol. The van der Waals surface area contributed by atoms with Gasteiger partial charge in [0.2, 0.25) is 5.91 Å². The van der Waals surface area contributed by atoms with Crippen LogP contribution in [0.4, 0.5) is 5.69 Å². The Kier molecular flexibility index (Phi) is 6.05. The Morgan fingerprint density at radius 1 is 1.18 bits per heavy atom. The number of hydrazine groups is 1. The molecule has 1 fully saturated rings. The first-order chi connectivity index (χ1) is 16.4. The van der Waals surface area contributed by atoms with Crippen LogP contribution in [0.3, 0.4) is 0 Å². The minimum Gasteiger partial charge on any atom is -0.325 e. The molecule has 34 heavy (non-hydrogen) atoms. The van der Waals surface area contributed by atoms with E-state index >= 15 is 0 Å². The van der Waals surface area contributed by atoms with Crippen LogP contribution in [0.1, 0.15) is 46.4 Å². The summed E-state index contributed by atoms with van der Waals surface area (Å²) in [5.74, 6) is 0.0478. The van der Waals surface area contributed by atoms with E-state index < -0.39 is 0 Å². The molecule has 8 nitrogen and oxygen atoms in total. The molecule has 0 spiro atoms. The summed E-state index contributed by atoms with van der Waals surface area (Å²) in [6, 6.07) is 14.0. The number of rotatable bonds is 5. The van der Waals surface area contributed by atoms with Gasteiger partial charge in [0, 0.05) is 23.7 Å². The van der Waals surface area contributed by atoms with Gasteiger partial charge in [-0.3, -0.25) is 15.0 Å². The Hall–Kier alpha value is -3.30. The maximum Gasteiger partial charge on any atom is 0.234 e. The fourth-order valence-electron chi connectivity index (χ4n) is 4.63. The molecule has 3 N–H and O–H groups in total. The van der Waals surface area contributed by atoms with E-state index in [0.29, 0.717) is 11.3 Å². The third-order valence-electron chi connectivity index (χ3n) is 6.40. The molecule has 1 amide bonds. The summed E-state index contributed by atoms with van der Waals surface area (Å²) in [5, 5.41) is 10.3. The van der Waals surface area contributed by atoms with E-state index in [4.69, 9.17) is 0 Å². The van der Waals surface area contributed by atoms with E-state index in [1.165, 1.54) is 35.4 Å². The maximum absolute atomic E-state index is 12.5. The molecule has 0 bridgehead atoms. The first kappa shape index (κ1) is 22.5. The van der Waals surface area contributed by atoms with Crippen LogP contribution in [-0.4, -0.2) is 44.7 Å². The third kappa shape index (κ3) is 4.41. The lowest BCUT2D eigenvalue weighted by atomic mass is 9.95. The number of fused-ring (bicyclic) bond motifs is 3. The molecule has 5 rings (SSSR count). The standard InChI is InChI=1S/C25H28N6O2S/c1-15-7-8-16(2)20(11-15)21-13-22-24-27-28-25(30(24)9-10-31(22)29-21)34-14-23(33)26-19-6-4-5-18(12-19)17(3)32/h4-12,21-22,24,27,29H,13-14H2,1-3H3,(H,26,33). The zero-order valence-corrected chi connectivity index (χ0v) is 20.2. The number of thioether (sulfide) groups is 1. The van der Waals surface area contributed by atoms with Crippen LogP contribution in [-0.2, 0) is 4.79 Å².